The molecule has 0 aliphatic carbocycles. The van der Waals surface area contributed by atoms with Crippen molar-refractivity contribution in [3.05, 3.63) is 17.7 Å². The second-order valence-corrected chi connectivity index (χ2v) is 3.90. The van der Waals surface area contributed by atoms with Gasteiger partial charge < -0.3 is 24.6 Å². The van der Waals surface area contributed by atoms with Gasteiger partial charge in [-0.3, -0.25) is 0 Å². The van der Waals surface area contributed by atoms with Gasteiger partial charge in [-0.25, -0.2) is 4.79 Å². The summed E-state index contributed by atoms with van der Waals surface area (Å²) < 4.78 is 14.9. The van der Waals surface area contributed by atoms with E-state index in [2.05, 4.69) is 5.32 Å². The van der Waals surface area contributed by atoms with Gasteiger partial charge in [0.1, 0.15) is 0 Å². The number of alkyl carbamates (subject to hydrolysis) is 1. The highest BCUT2D eigenvalue weighted by molar-refractivity contribution is 5.69. The summed E-state index contributed by atoms with van der Waals surface area (Å²) >= 11 is 0. The molecule has 18 heavy (non-hydrogen) atoms. The van der Waals surface area contributed by atoms with Crippen LogP contribution in [0.5, 0.6) is 17.2 Å². The van der Waals surface area contributed by atoms with Gasteiger partial charge in [0.15, 0.2) is 11.5 Å². The van der Waals surface area contributed by atoms with Crippen LogP contribution in [0.15, 0.2) is 12.1 Å². The zero-order valence-electron chi connectivity index (χ0n) is 10.2. The first kappa shape index (κ1) is 12.3. The highest BCUT2D eigenvalue weighted by atomic mass is 16.6. The molecule has 1 heterocycles. The number of nitrogens with one attached hydrogen (secondary N) is 1. The lowest BCUT2D eigenvalue weighted by Gasteiger charge is -2.24. The van der Waals surface area contributed by atoms with Crippen LogP contribution in [-0.2, 0) is 4.74 Å². The summed E-state index contributed by atoms with van der Waals surface area (Å²) in [6, 6.07) is 3.18. The average molecular weight is 253 g/mol. The molecule has 6 heteroatoms. The van der Waals surface area contributed by atoms with Crippen molar-refractivity contribution in [1.29, 1.82) is 0 Å². The minimum atomic E-state index is -0.447. The molecule has 6 nitrogen and oxygen atoms in total. The van der Waals surface area contributed by atoms with Crippen LogP contribution in [-0.4, -0.2) is 32.0 Å². The van der Waals surface area contributed by atoms with E-state index >= 15 is 0 Å². The minimum absolute atomic E-state index is 0.0536. The summed E-state index contributed by atoms with van der Waals surface area (Å²) in [6.07, 6.45) is 0.209. The summed E-state index contributed by atoms with van der Waals surface area (Å²) in [6.45, 7) is 0.363. The van der Waals surface area contributed by atoms with Gasteiger partial charge in [0.25, 0.3) is 0 Å². The van der Waals surface area contributed by atoms with Crippen molar-refractivity contribution < 1.29 is 24.1 Å². The van der Waals surface area contributed by atoms with Gasteiger partial charge in [-0.15, -0.1) is 0 Å². The standard InChI is InChI=1S/C12H15NO5/c1-16-9-5-7(6-10(17-2)11(9)14)8-3-4-18-12(15)13-8/h5-6,8,14H,3-4H2,1-2H3,(H,13,15)/t8-/m0/s1. The molecule has 0 bridgehead atoms. The van der Waals surface area contributed by atoms with Crippen LogP contribution < -0.4 is 14.8 Å². The normalized spacial score (nSPS) is 18.8. The van der Waals surface area contributed by atoms with E-state index in [1.807, 2.05) is 0 Å². The number of hydrogen-bond donors (Lipinski definition) is 2. The van der Waals surface area contributed by atoms with E-state index in [-0.39, 0.29) is 11.8 Å². The Bertz CT molecular complexity index is 435. The Morgan fingerprint density at radius 3 is 2.44 bits per heavy atom. The molecule has 1 aliphatic rings. The fraction of sp³-hybridized carbons (Fsp3) is 0.417. The summed E-state index contributed by atoms with van der Waals surface area (Å²) in [4.78, 5) is 11.2. The van der Waals surface area contributed by atoms with E-state index in [4.69, 9.17) is 14.2 Å². The van der Waals surface area contributed by atoms with Crippen molar-refractivity contribution in [2.75, 3.05) is 20.8 Å². The molecular weight excluding hydrogens is 238 g/mol. The van der Waals surface area contributed by atoms with Crippen molar-refractivity contribution in [1.82, 2.24) is 5.32 Å². The number of amides is 1. The summed E-state index contributed by atoms with van der Waals surface area (Å²) in [5.74, 6) is 0.567. The van der Waals surface area contributed by atoms with Crippen LogP contribution in [0.4, 0.5) is 4.79 Å². The number of carbonyl (C=O) groups excluding carboxylic acids is 1. The van der Waals surface area contributed by atoms with Crippen LogP contribution >= 0.6 is 0 Å². The maximum absolute atomic E-state index is 11.2. The Hall–Kier alpha value is -2.11. The minimum Gasteiger partial charge on any atom is -0.502 e. The third-order valence-electron chi connectivity index (χ3n) is 2.84. The zero-order valence-corrected chi connectivity index (χ0v) is 10.2. The first-order valence-electron chi connectivity index (χ1n) is 5.54. The molecule has 1 saturated heterocycles. The molecule has 1 fully saturated rings. The molecule has 1 aliphatic heterocycles. The molecule has 0 saturated carbocycles. The van der Waals surface area contributed by atoms with E-state index in [1.165, 1.54) is 14.2 Å². The molecule has 0 unspecified atom stereocenters. The first-order chi connectivity index (χ1) is 8.65. The third-order valence-corrected chi connectivity index (χ3v) is 2.84. The predicted octanol–water partition coefficient (Wildman–Crippen LogP) is 1.58. The molecule has 1 aromatic carbocycles. The van der Waals surface area contributed by atoms with Crippen LogP contribution in [0, 0.1) is 0 Å². The number of cyclic esters (lactones) is 1. The van der Waals surface area contributed by atoms with Crippen molar-refractivity contribution >= 4 is 6.09 Å². The lowest BCUT2D eigenvalue weighted by atomic mass is 10.0. The highest BCUT2D eigenvalue weighted by Gasteiger charge is 2.23. The van der Waals surface area contributed by atoms with Crippen molar-refractivity contribution in [2.24, 2.45) is 0 Å². The van der Waals surface area contributed by atoms with Gasteiger partial charge in [-0.2, -0.15) is 0 Å². The molecule has 2 N–H and O–H groups in total. The average Bonchev–Trinajstić information content (AvgIpc) is 2.39. The van der Waals surface area contributed by atoms with Crippen LogP contribution in [0.25, 0.3) is 0 Å². The Balaban J connectivity index is 2.35. The summed E-state index contributed by atoms with van der Waals surface area (Å²) in [5, 5.41) is 12.5. The van der Waals surface area contributed by atoms with E-state index in [9.17, 15) is 9.90 Å². The van der Waals surface area contributed by atoms with Gasteiger partial charge in [-0.05, 0) is 17.7 Å². The summed E-state index contributed by atoms with van der Waals surface area (Å²) in [7, 11) is 2.92. The number of rotatable bonds is 3. The SMILES string of the molecule is COc1cc([C@@H]2CCOC(=O)N2)cc(OC)c1O. The third kappa shape index (κ3) is 2.27. The molecule has 0 spiro atoms. The Labute approximate surface area is 104 Å². The second-order valence-electron chi connectivity index (χ2n) is 3.90. The van der Waals surface area contributed by atoms with Crippen molar-refractivity contribution in [2.45, 2.75) is 12.5 Å². The topological polar surface area (TPSA) is 77.0 Å². The number of hydrogen-bond acceptors (Lipinski definition) is 5. The number of ether oxygens (including phenoxy) is 3. The van der Waals surface area contributed by atoms with Gasteiger partial charge >= 0.3 is 6.09 Å². The largest absolute Gasteiger partial charge is 0.502 e. The van der Waals surface area contributed by atoms with Crippen LogP contribution in [0.2, 0.25) is 0 Å². The molecule has 0 aromatic heterocycles. The summed E-state index contributed by atoms with van der Waals surface area (Å²) in [5.41, 5.74) is 0.804. The van der Waals surface area contributed by atoms with E-state index in [0.29, 0.717) is 24.5 Å². The predicted molar refractivity (Wildman–Crippen MR) is 63.1 cm³/mol. The van der Waals surface area contributed by atoms with E-state index < -0.39 is 6.09 Å². The quantitative estimate of drug-likeness (QED) is 0.855. The smallest absolute Gasteiger partial charge is 0.407 e. The molecule has 2 rings (SSSR count). The maximum atomic E-state index is 11.2. The Kier molecular flexibility index (Phi) is 3.45. The monoisotopic (exact) mass is 253 g/mol. The lowest BCUT2D eigenvalue weighted by molar-refractivity contribution is 0.115. The van der Waals surface area contributed by atoms with Crippen molar-refractivity contribution in [3.63, 3.8) is 0 Å². The second kappa shape index (κ2) is 5.03. The molecule has 0 radical (unpaired) electrons. The fourth-order valence-electron chi connectivity index (χ4n) is 1.89. The number of methoxy groups -OCH3 is 2. The highest BCUT2D eigenvalue weighted by Crippen LogP contribution is 2.39. The number of benzene rings is 1. The van der Waals surface area contributed by atoms with Gasteiger partial charge in [0.2, 0.25) is 5.75 Å². The first-order valence-corrected chi connectivity index (χ1v) is 5.54. The number of carbonyl (C=O) groups is 1. The van der Waals surface area contributed by atoms with Gasteiger partial charge in [0, 0.05) is 6.42 Å². The van der Waals surface area contributed by atoms with E-state index in [1.54, 1.807) is 12.1 Å². The maximum Gasteiger partial charge on any atom is 0.407 e. The fourth-order valence-corrected chi connectivity index (χ4v) is 1.89. The van der Waals surface area contributed by atoms with Gasteiger partial charge in [-0.1, -0.05) is 0 Å². The van der Waals surface area contributed by atoms with Crippen molar-refractivity contribution in [3.8, 4) is 17.2 Å². The van der Waals surface area contributed by atoms with Crippen LogP contribution in [0.3, 0.4) is 0 Å². The Morgan fingerprint density at radius 1 is 1.33 bits per heavy atom. The molecule has 98 valence electrons. The molecule has 1 aromatic rings. The number of aromatic hydroxyl groups is 1. The van der Waals surface area contributed by atoms with Crippen LogP contribution in [0.1, 0.15) is 18.0 Å². The molecule has 1 amide bonds. The molecular formula is C12H15NO5. The number of phenols is 1. The lowest BCUT2D eigenvalue weighted by Crippen LogP contribution is -2.35. The zero-order chi connectivity index (χ0) is 13.1. The Morgan fingerprint density at radius 2 is 1.94 bits per heavy atom. The number of phenolic OH excluding ortho intramolecular Hbond substituents is 1. The van der Waals surface area contributed by atoms with E-state index in [0.717, 1.165) is 5.56 Å². The molecule has 1 atom stereocenters. The van der Waals surface area contributed by atoms with Gasteiger partial charge in [0.05, 0.1) is 26.9 Å².